The number of benzene rings is 1. The Kier molecular flexibility index (Phi) is 3.67. The van der Waals surface area contributed by atoms with Crippen molar-refractivity contribution in [3.05, 3.63) is 70.2 Å². The van der Waals surface area contributed by atoms with Crippen LogP contribution in [0.4, 0.5) is 0 Å². The molecule has 0 aliphatic rings. The van der Waals surface area contributed by atoms with Crippen molar-refractivity contribution in [2.45, 2.75) is 19.4 Å². The molecule has 1 aromatic carbocycles. The van der Waals surface area contributed by atoms with Crippen LogP contribution in [0.3, 0.4) is 0 Å². The van der Waals surface area contributed by atoms with Crippen LogP contribution in [0.5, 0.6) is 0 Å². The summed E-state index contributed by atoms with van der Waals surface area (Å²) in [5.41, 5.74) is 9.85. The SMILES string of the molecule is CCc1ccsc1C(N)c1ccnn1-c1ccccc1. The van der Waals surface area contributed by atoms with Crippen molar-refractivity contribution >= 4 is 11.3 Å². The number of thiophene rings is 1. The Labute approximate surface area is 122 Å². The predicted octanol–water partition coefficient (Wildman–Crippen LogP) is 3.54. The number of hydrogen-bond donors (Lipinski definition) is 1. The normalized spacial score (nSPS) is 12.5. The van der Waals surface area contributed by atoms with E-state index < -0.39 is 0 Å². The summed E-state index contributed by atoms with van der Waals surface area (Å²) in [7, 11) is 0. The molecule has 4 heteroatoms. The number of aromatic nitrogens is 2. The largest absolute Gasteiger partial charge is 0.318 e. The van der Waals surface area contributed by atoms with Crippen molar-refractivity contribution in [3.8, 4) is 5.69 Å². The highest BCUT2D eigenvalue weighted by molar-refractivity contribution is 7.10. The quantitative estimate of drug-likeness (QED) is 0.796. The summed E-state index contributed by atoms with van der Waals surface area (Å²) < 4.78 is 1.92. The van der Waals surface area contributed by atoms with Gasteiger partial charge in [-0.15, -0.1) is 11.3 Å². The Morgan fingerprint density at radius 1 is 1.20 bits per heavy atom. The van der Waals surface area contributed by atoms with Gasteiger partial charge in [-0.2, -0.15) is 5.10 Å². The molecule has 0 bridgehead atoms. The minimum absolute atomic E-state index is 0.132. The Balaban J connectivity index is 2.02. The smallest absolute Gasteiger partial charge is 0.0824 e. The average Bonchev–Trinajstić information content (AvgIpc) is 3.16. The second-order valence-corrected chi connectivity index (χ2v) is 5.59. The summed E-state index contributed by atoms with van der Waals surface area (Å²) in [6.07, 6.45) is 2.81. The molecule has 3 aromatic rings. The molecule has 1 atom stereocenters. The highest BCUT2D eigenvalue weighted by Gasteiger charge is 2.18. The topological polar surface area (TPSA) is 43.8 Å². The molecule has 0 radical (unpaired) electrons. The Morgan fingerprint density at radius 3 is 2.75 bits per heavy atom. The Hall–Kier alpha value is -1.91. The van der Waals surface area contributed by atoms with Crippen LogP contribution < -0.4 is 5.73 Å². The van der Waals surface area contributed by atoms with E-state index in [1.165, 1.54) is 10.4 Å². The molecule has 0 spiro atoms. The monoisotopic (exact) mass is 283 g/mol. The van der Waals surface area contributed by atoms with Crippen molar-refractivity contribution in [2.75, 3.05) is 0 Å². The molecule has 0 saturated heterocycles. The maximum absolute atomic E-state index is 6.47. The third kappa shape index (κ3) is 2.28. The molecular weight excluding hydrogens is 266 g/mol. The molecule has 1 unspecified atom stereocenters. The molecule has 102 valence electrons. The van der Waals surface area contributed by atoms with Gasteiger partial charge < -0.3 is 5.73 Å². The number of hydrogen-bond acceptors (Lipinski definition) is 3. The maximum Gasteiger partial charge on any atom is 0.0824 e. The lowest BCUT2D eigenvalue weighted by atomic mass is 10.1. The second kappa shape index (κ2) is 5.61. The van der Waals surface area contributed by atoms with Crippen LogP contribution in [0.15, 0.2) is 54.0 Å². The van der Waals surface area contributed by atoms with Gasteiger partial charge in [0.05, 0.1) is 17.4 Å². The highest BCUT2D eigenvalue weighted by Crippen LogP contribution is 2.29. The first-order chi connectivity index (χ1) is 9.81. The summed E-state index contributed by atoms with van der Waals surface area (Å²) >= 11 is 1.72. The standard InChI is InChI=1S/C16H17N3S/c1-2-12-9-11-20-16(12)15(17)14-8-10-18-19(14)13-6-4-3-5-7-13/h3-11,15H,2,17H2,1H3. The lowest BCUT2D eigenvalue weighted by Gasteiger charge is -2.14. The molecule has 0 saturated carbocycles. The number of nitrogens with zero attached hydrogens (tertiary/aromatic N) is 2. The van der Waals surface area contributed by atoms with Gasteiger partial charge in [-0.05, 0) is 41.6 Å². The first-order valence-electron chi connectivity index (χ1n) is 6.72. The van der Waals surface area contributed by atoms with Gasteiger partial charge in [0.25, 0.3) is 0 Å². The van der Waals surface area contributed by atoms with Gasteiger partial charge >= 0.3 is 0 Å². The van der Waals surface area contributed by atoms with Crippen LogP contribution in [0, 0.1) is 0 Å². The van der Waals surface area contributed by atoms with E-state index in [4.69, 9.17) is 5.73 Å². The fourth-order valence-electron chi connectivity index (χ4n) is 2.38. The summed E-state index contributed by atoms with van der Waals surface area (Å²) in [5.74, 6) is 0. The van der Waals surface area contributed by atoms with Crippen molar-refractivity contribution in [1.82, 2.24) is 9.78 Å². The first kappa shape index (κ1) is 13.1. The first-order valence-corrected chi connectivity index (χ1v) is 7.60. The molecular formula is C16H17N3S. The molecule has 0 fully saturated rings. The van der Waals surface area contributed by atoms with Crippen molar-refractivity contribution < 1.29 is 0 Å². The Bertz CT molecular complexity index is 685. The summed E-state index contributed by atoms with van der Waals surface area (Å²) in [4.78, 5) is 1.23. The van der Waals surface area contributed by atoms with E-state index in [0.717, 1.165) is 17.8 Å². The summed E-state index contributed by atoms with van der Waals surface area (Å²) in [6.45, 7) is 2.16. The Morgan fingerprint density at radius 2 is 2.00 bits per heavy atom. The third-order valence-corrected chi connectivity index (χ3v) is 4.48. The number of para-hydroxylation sites is 1. The fourth-order valence-corrected chi connectivity index (χ4v) is 3.39. The summed E-state index contributed by atoms with van der Waals surface area (Å²) in [5, 5.41) is 6.52. The average molecular weight is 283 g/mol. The van der Waals surface area contributed by atoms with E-state index in [1.807, 2.05) is 41.1 Å². The van der Waals surface area contributed by atoms with Gasteiger partial charge in [0.1, 0.15) is 0 Å². The molecule has 3 nitrogen and oxygen atoms in total. The van der Waals surface area contributed by atoms with Crippen molar-refractivity contribution in [3.63, 3.8) is 0 Å². The molecule has 2 N–H and O–H groups in total. The minimum Gasteiger partial charge on any atom is -0.318 e. The van der Waals surface area contributed by atoms with Crippen molar-refractivity contribution in [2.24, 2.45) is 5.73 Å². The van der Waals surface area contributed by atoms with Gasteiger partial charge in [0, 0.05) is 11.1 Å². The molecule has 2 heterocycles. The number of aryl methyl sites for hydroxylation is 1. The van der Waals surface area contributed by atoms with E-state index in [-0.39, 0.29) is 6.04 Å². The molecule has 20 heavy (non-hydrogen) atoms. The molecule has 0 aliphatic heterocycles. The van der Waals surface area contributed by atoms with Gasteiger partial charge in [-0.25, -0.2) is 4.68 Å². The van der Waals surface area contributed by atoms with Crippen LogP contribution in [0.2, 0.25) is 0 Å². The van der Waals surface area contributed by atoms with Gasteiger partial charge in [0.2, 0.25) is 0 Å². The minimum atomic E-state index is -0.132. The maximum atomic E-state index is 6.47. The fraction of sp³-hybridized carbons (Fsp3) is 0.188. The zero-order chi connectivity index (χ0) is 13.9. The van der Waals surface area contributed by atoms with Gasteiger partial charge in [-0.3, -0.25) is 0 Å². The predicted molar refractivity (Wildman–Crippen MR) is 83.3 cm³/mol. The third-order valence-electron chi connectivity index (χ3n) is 3.44. The molecule has 2 aromatic heterocycles. The van der Waals surface area contributed by atoms with Crippen molar-refractivity contribution in [1.29, 1.82) is 0 Å². The molecule has 0 aliphatic carbocycles. The summed E-state index contributed by atoms with van der Waals surface area (Å²) in [6, 6.07) is 14.1. The lowest BCUT2D eigenvalue weighted by molar-refractivity contribution is 0.743. The van der Waals surface area contributed by atoms with Gasteiger partial charge in [-0.1, -0.05) is 25.1 Å². The zero-order valence-corrected chi connectivity index (χ0v) is 12.2. The van der Waals surface area contributed by atoms with Crippen LogP contribution in [0.1, 0.15) is 29.1 Å². The van der Waals surface area contributed by atoms with Crippen LogP contribution in [-0.2, 0) is 6.42 Å². The number of rotatable bonds is 4. The van der Waals surface area contributed by atoms with E-state index in [9.17, 15) is 0 Å². The molecule has 0 amide bonds. The van der Waals surface area contributed by atoms with Crippen LogP contribution in [0.25, 0.3) is 5.69 Å². The highest BCUT2D eigenvalue weighted by atomic mass is 32.1. The zero-order valence-electron chi connectivity index (χ0n) is 11.4. The van der Waals surface area contributed by atoms with Gasteiger partial charge in [0.15, 0.2) is 0 Å². The van der Waals surface area contributed by atoms with E-state index in [0.29, 0.717) is 0 Å². The second-order valence-electron chi connectivity index (χ2n) is 4.64. The lowest BCUT2D eigenvalue weighted by Crippen LogP contribution is -2.16. The molecule has 3 rings (SSSR count). The van der Waals surface area contributed by atoms with Crippen LogP contribution in [-0.4, -0.2) is 9.78 Å². The van der Waals surface area contributed by atoms with E-state index in [1.54, 1.807) is 17.5 Å². The number of nitrogens with two attached hydrogens (primary N) is 1. The van der Waals surface area contributed by atoms with Crippen LogP contribution >= 0.6 is 11.3 Å². The van der Waals surface area contributed by atoms with E-state index in [2.05, 4.69) is 23.5 Å². The van der Waals surface area contributed by atoms with E-state index >= 15 is 0 Å².